The molecule has 1 aromatic carbocycles. The summed E-state index contributed by atoms with van der Waals surface area (Å²) in [6.45, 7) is 1.80. The maximum absolute atomic E-state index is 10.7. The summed E-state index contributed by atoms with van der Waals surface area (Å²) in [5.41, 5.74) is 2.20. The number of rotatable bonds is 2. The summed E-state index contributed by atoms with van der Waals surface area (Å²) in [5.74, 6) is -0.782. The molecule has 0 fully saturated rings. The first kappa shape index (κ1) is 9.58. The minimum Gasteiger partial charge on any atom is -0.507 e. The van der Waals surface area contributed by atoms with E-state index in [2.05, 4.69) is 4.98 Å². The van der Waals surface area contributed by atoms with Crippen LogP contribution in [0.1, 0.15) is 11.3 Å². The van der Waals surface area contributed by atoms with E-state index in [1.165, 1.54) is 0 Å². The number of aliphatic carboxylic acids is 1. The third-order valence-electron chi connectivity index (χ3n) is 2.45. The van der Waals surface area contributed by atoms with Gasteiger partial charge >= 0.3 is 5.97 Å². The van der Waals surface area contributed by atoms with Crippen LogP contribution in [0.4, 0.5) is 0 Å². The van der Waals surface area contributed by atoms with Crippen molar-refractivity contribution >= 4 is 16.9 Å². The number of H-pyrrole nitrogens is 1. The highest BCUT2D eigenvalue weighted by molar-refractivity contribution is 5.92. The van der Waals surface area contributed by atoms with Gasteiger partial charge in [0.2, 0.25) is 0 Å². The van der Waals surface area contributed by atoms with Crippen molar-refractivity contribution < 1.29 is 15.0 Å². The minimum absolute atomic E-state index is 0.0800. The lowest BCUT2D eigenvalue weighted by atomic mass is 10.1. The Kier molecular flexibility index (Phi) is 2.11. The van der Waals surface area contributed by atoms with Crippen LogP contribution in [0, 0.1) is 6.92 Å². The normalized spacial score (nSPS) is 10.7. The van der Waals surface area contributed by atoms with Crippen LogP contribution in [0.25, 0.3) is 10.9 Å². The van der Waals surface area contributed by atoms with Crippen LogP contribution in [0.5, 0.6) is 5.75 Å². The molecule has 15 heavy (non-hydrogen) atoms. The number of hydrogen-bond donors (Lipinski definition) is 3. The Balaban J connectivity index is 2.71. The summed E-state index contributed by atoms with van der Waals surface area (Å²) in [6.07, 6.45) is -0.0800. The largest absolute Gasteiger partial charge is 0.507 e. The Morgan fingerprint density at radius 1 is 1.47 bits per heavy atom. The van der Waals surface area contributed by atoms with Gasteiger partial charge in [-0.25, -0.2) is 0 Å². The molecule has 4 heteroatoms. The van der Waals surface area contributed by atoms with Gasteiger partial charge in [-0.2, -0.15) is 0 Å². The molecule has 0 aliphatic carbocycles. The van der Waals surface area contributed by atoms with Gasteiger partial charge in [0, 0.05) is 16.6 Å². The standard InChI is InChI=1S/C11H11NO3/c1-6-7(5-10(14)15)11-8(12-6)3-2-4-9(11)13/h2-4,12-13H,5H2,1H3,(H,14,15). The van der Waals surface area contributed by atoms with E-state index in [0.29, 0.717) is 10.9 Å². The number of phenolic OH excluding ortho intramolecular Hbond substituents is 1. The highest BCUT2D eigenvalue weighted by Gasteiger charge is 2.14. The molecule has 1 heterocycles. The molecule has 2 aromatic rings. The highest BCUT2D eigenvalue weighted by atomic mass is 16.4. The molecule has 1 aromatic heterocycles. The number of aromatic nitrogens is 1. The van der Waals surface area contributed by atoms with Gasteiger partial charge in [-0.05, 0) is 24.6 Å². The van der Waals surface area contributed by atoms with Crippen LogP contribution in [0.3, 0.4) is 0 Å². The molecule has 78 valence electrons. The summed E-state index contributed by atoms with van der Waals surface area (Å²) in [5, 5.41) is 19.0. The summed E-state index contributed by atoms with van der Waals surface area (Å²) < 4.78 is 0. The van der Waals surface area contributed by atoms with Crippen LogP contribution < -0.4 is 0 Å². The Bertz CT molecular complexity index is 528. The van der Waals surface area contributed by atoms with E-state index < -0.39 is 5.97 Å². The Morgan fingerprint density at radius 3 is 2.87 bits per heavy atom. The van der Waals surface area contributed by atoms with Crippen molar-refractivity contribution in [2.24, 2.45) is 0 Å². The number of aromatic hydroxyl groups is 1. The quantitative estimate of drug-likeness (QED) is 0.700. The number of nitrogens with one attached hydrogen (secondary N) is 1. The van der Waals surface area contributed by atoms with E-state index in [4.69, 9.17) is 5.11 Å². The van der Waals surface area contributed by atoms with E-state index in [9.17, 15) is 9.90 Å². The Labute approximate surface area is 86.2 Å². The molecule has 0 saturated carbocycles. The van der Waals surface area contributed by atoms with Gasteiger partial charge in [0.1, 0.15) is 5.75 Å². The molecule has 0 aliphatic heterocycles. The van der Waals surface area contributed by atoms with Crippen molar-refractivity contribution in [3.63, 3.8) is 0 Å². The first-order chi connectivity index (χ1) is 7.09. The fourth-order valence-electron chi connectivity index (χ4n) is 1.80. The molecule has 0 spiro atoms. The van der Waals surface area contributed by atoms with Crippen LogP contribution in [-0.4, -0.2) is 21.2 Å². The number of aryl methyl sites for hydroxylation is 1. The first-order valence-electron chi connectivity index (χ1n) is 4.60. The van der Waals surface area contributed by atoms with Gasteiger partial charge in [-0.15, -0.1) is 0 Å². The van der Waals surface area contributed by atoms with Crippen molar-refractivity contribution in [2.75, 3.05) is 0 Å². The maximum Gasteiger partial charge on any atom is 0.307 e. The second-order valence-electron chi connectivity index (χ2n) is 3.50. The monoisotopic (exact) mass is 205 g/mol. The van der Waals surface area contributed by atoms with Crippen molar-refractivity contribution in [3.05, 3.63) is 29.5 Å². The van der Waals surface area contributed by atoms with Crippen molar-refractivity contribution in [1.29, 1.82) is 0 Å². The van der Waals surface area contributed by atoms with Crippen LogP contribution in [0.15, 0.2) is 18.2 Å². The average Bonchev–Trinajstić information content (AvgIpc) is 2.43. The molecule has 3 N–H and O–H groups in total. The van der Waals surface area contributed by atoms with E-state index >= 15 is 0 Å². The third-order valence-corrected chi connectivity index (χ3v) is 2.45. The lowest BCUT2D eigenvalue weighted by molar-refractivity contribution is -0.136. The summed E-state index contributed by atoms with van der Waals surface area (Å²) >= 11 is 0. The highest BCUT2D eigenvalue weighted by Crippen LogP contribution is 2.30. The average molecular weight is 205 g/mol. The lowest BCUT2D eigenvalue weighted by Crippen LogP contribution is -2.00. The molecule has 0 amide bonds. The number of fused-ring (bicyclic) bond motifs is 1. The van der Waals surface area contributed by atoms with Crippen LogP contribution in [0.2, 0.25) is 0 Å². The molecule has 0 unspecified atom stereocenters. The molecule has 0 bridgehead atoms. The van der Waals surface area contributed by atoms with E-state index in [1.54, 1.807) is 19.1 Å². The number of aromatic amines is 1. The van der Waals surface area contributed by atoms with E-state index in [0.717, 1.165) is 11.2 Å². The molecule has 0 aliphatic rings. The lowest BCUT2D eigenvalue weighted by Gasteiger charge is -1.98. The minimum atomic E-state index is -0.901. The number of carbonyl (C=O) groups is 1. The fourth-order valence-corrected chi connectivity index (χ4v) is 1.80. The second-order valence-corrected chi connectivity index (χ2v) is 3.50. The van der Waals surface area contributed by atoms with Gasteiger partial charge in [0.05, 0.1) is 6.42 Å². The number of phenols is 1. The van der Waals surface area contributed by atoms with E-state index in [-0.39, 0.29) is 12.2 Å². The Hall–Kier alpha value is -1.97. The van der Waals surface area contributed by atoms with Gasteiger partial charge in [-0.3, -0.25) is 4.79 Å². The zero-order valence-electron chi connectivity index (χ0n) is 8.24. The molecule has 4 nitrogen and oxygen atoms in total. The number of benzene rings is 1. The summed E-state index contributed by atoms with van der Waals surface area (Å²) in [7, 11) is 0. The Morgan fingerprint density at radius 2 is 2.20 bits per heavy atom. The molecule has 2 rings (SSSR count). The SMILES string of the molecule is Cc1[nH]c2cccc(O)c2c1CC(=O)O. The molecule has 0 radical (unpaired) electrons. The van der Waals surface area contributed by atoms with Crippen molar-refractivity contribution in [1.82, 2.24) is 4.98 Å². The smallest absolute Gasteiger partial charge is 0.307 e. The number of carboxylic acids is 1. The topological polar surface area (TPSA) is 73.3 Å². The molecule has 0 atom stereocenters. The van der Waals surface area contributed by atoms with Crippen molar-refractivity contribution in [3.8, 4) is 5.75 Å². The summed E-state index contributed by atoms with van der Waals surface area (Å²) in [4.78, 5) is 13.7. The molecular weight excluding hydrogens is 194 g/mol. The van der Waals surface area contributed by atoms with Crippen LogP contribution in [-0.2, 0) is 11.2 Å². The van der Waals surface area contributed by atoms with Crippen molar-refractivity contribution in [2.45, 2.75) is 13.3 Å². The molecular formula is C11H11NO3. The third kappa shape index (κ3) is 1.54. The predicted molar refractivity (Wildman–Crippen MR) is 56.0 cm³/mol. The van der Waals surface area contributed by atoms with Gasteiger partial charge < -0.3 is 15.2 Å². The van der Waals surface area contributed by atoms with Gasteiger partial charge in [-0.1, -0.05) is 6.07 Å². The van der Waals surface area contributed by atoms with Crippen LogP contribution >= 0.6 is 0 Å². The zero-order chi connectivity index (χ0) is 11.0. The summed E-state index contributed by atoms with van der Waals surface area (Å²) in [6, 6.07) is 5.09. The first-order valence-corrected chi connectivity index (χ1v) is 4.60. The second kappa shape index (κ2) is 3.31. The van der Waals surface area contributed by atoms with E-state index in [1.807, 2.05) is 6.07 Å². The predicted octanol–water partition coefficient (Wildman–Crippen LogP) is 1.81. The molecule has 0 saturated heterocycles. The number of hydrogen-bond acceptors (Lipinski definition) is 2. The number of carboxylic acid groups (broad SMARTS) is 1. The fraction of sp³-hybridized carbons (Fsp3) is 0.182. The zero-order valence-corrected chi connectivity index (χ0v) is 8.24. The van der Waals surface area contributed by atoms with Gasteiger partial charge in [0.25, 0.3) is 0 Å². The maximum atomic E-state index is 10.7. The van der Waals surface area contributed by atoms with Gasteiger partial charge in [0.15, 0.2) is 0 Å².